The first-order chi connectivity index (χ1) is 12.3. The summed E-state index contributed by atoms with van der Waals surface area (Å²) in [7, 11) is 0. The molecule has 0 aromatic heterocycles. The summed E-state index contributed by atoms with van der Waals surface area (Å²) in [5, 5.41) is 3.43. The summed E-state index contributed by atoms with van der Waals surface area (Å²) in [6.45, 7) is 5.67. The third-order valence-electron chi connectivity index (χ3n) is 3.59. The molecular formula is C24H25N. The van der Waals surface area contributed by atoms with Crippen LogP contribution < -0.4 is 5.32 Å². The van der Waals surface area contributed by atoms with Crippen molar-refractivity contribution in [3.63, 3.8) is 0 Å². The second-order valence-electron chi connectivity index (χ2n) is 5.58. The van der Waals surface area contributed by atoms with E-state index in [1.165, 1.54) is 11.1 Å². The second-order valence-corrected chi connectivity index (χ2v) is 5.58. The summed E-state index contributed by atoms with van der Waals surface area (Å²) >= 11 is 0. The van der Waals surface area contributed by atoms with Crippen LogP contribution >= 0.6 is 0 Å². The molecule has 2 rings (SSSR count). The molecule has 0 saturated carbocycles. The molecule has 0 aliphatic rings. The van der Waals surface area contributed by atoms with E-state index in [0.717, 1.165) is 17.8 Å². The molecule has 0 atom stereocenters. The van der Waals surface area contributed by atoms with Gasteiger partial charge in [-0.05, 0) is 48.7 Å². The minimum atomic E-state index is 0.950. The first-order valence-corrected chi connectivity index (χ1v) is 8.51. The average Bonchev–Trinajstić information content (AvgIpc) is 2.65. The van der Waals surface area contributed by atoms with E-state index in [2.05, 4.69) is 78.7 Å². The van der Waals surface area contributed by atoms with Crippen LogP contribution in [0.15, 0.2) is 104 Å². The third-order valence-corrected chi connectivity index (χ3v) is 3.59. The van der Waals surface area contributed by atoms with Gasteiger partial charge in [0.05, 0.1) is 0 Å². The van der Waals surface area contributed by atoms with Crippen molar-refractivity contribution in [3.05, 3.63) is 115 Å². The summed E-state index contributed by atoms with van der Waals surface area (Å²) in [6.07, 6.45) is 19.0. The van der Waals surface area contributed by atoms with Crippen LogP contribution in [0.5, 0.6) is 0 Å². The van der Waals surface area contributed by atoms with Crippen LogP contribution in [-0.2, 0) is 6.42 Å². The van der Waals surface area contributed by atoms with E-state index in [4.69, 9.17) is 0 Å². The second kappa shape index (κ2) is 10.7. The van der Waals surface area contributed by atoms with Gasteiger partial charge in [-0.25, -0.2) is 0 Å². The van der Waals surface area contributed by atoms with Gasteiger partial charge >= 0.3 is 0 Å². The molecule has 1 N–H and O–H groups in total. The standard InChI is InChI=1S/C24H25N/c1-3-5-7-9-11-21-13-17-23(18-14-21)25-24-19-15-22(16-20-24)12-10-8-6-4-2/h3-11,13-20,25H,1,12H2,2H3/b6-4-,7-5-,10-8-,11-9+. The predicted molar refractivity (Wildman–Crippen MR) is 112 cm³/mol. The maximum Gasteiger partial charge on any atom is 0.0384 e. The first-order valence-electron chi connectivity index (χ1n) is 8.51. The van der Waals surface area contributed by atoms with Gasteiger partial charge in [-0.3, -0.25) is 0 Å². The van der Waals surface area contributed by atoms with E-state index in [-0.39, 0.29) is 0 Å². The highest BCUT2D eigenvalue weighted by molar-refractivity contribution is 5.62. The van der Waals surface area contributed by atoms with Crippen molar-refractivity contribution in [1.82, 2.24) is 0 Å². The summed E-state index contributed by atoms with van der Waals surface area (Å²) in [4.78, 5) is 0. The maximum atomic E-state index is 3.65. The van der Waals surface area contributed by atoms with E-state index in [0.29, 0.717) is 0 Å². The molecule has 0 radical (unpaired) electrons. The third kappa shape index (κ3) is 6.92. The van der Waals surface area contributed by atoms with Gasteiger partial charge in [-0.15, -0.1) is 0 Å². The SMILES string of the molecule is C=C/C=C\C=C\c1ccc(Nc2ccc(C/C=C\C=C/C)cc2)cc1. The molecule has 0 saturated heterocycles. The van der Waals surface area contributed by atoms with Crippen molar-refractivity contribution < 1.29 is 0 Å². The first kappa shape index (κ1) is 18.3. The fourth-order valence-electron chi connectivity index (χ4n) is 2.27. The largest absolute Gasteiger partial charge is 0.356 e. The fraction of sp³-hybridized carbons (Fsp3) is 0.0833. The summed E-state index contributed by atoms with van der Waals surface area (Å²) < 4.78 is 0. The molecule has 0 amide bonds. The average molecular weight is 327 g/mol. The normalized spacial score (nSPS) is 11.9. The van der Waals surface area contributed by atoms with Crippen LogP contribution in [0, 0.1) is 0 Å². The zero-order valence-electron chi connectivity index (χ0n) is 14.7. The Bertz CT molecular complexity index is 757. The number of anilines is 2. The Hall–Kier alpha value is -3.06. The number of rotatable bonds is 8. The lowest BCUT2D eigenvalue weighted by Crippen LogP contribution is -1.90. The van der Waals surface area contributed by atoms with E-state index in [9.17, 15) is 0 Å². The minimum Gasteiger partial charge on any atom is -0.356 e. The van der Waals surface area contributed by atoms with Crippen molar-refractivity contribution in [3.8, 4) is 0 Å². The van der Waals surface area contributed by atoms with Crippen LogP contribution in [0.4, 0.5) is 11.4 Å². The summed E-state index contributed by atoms with van der Waals surface area (Å²) in [6, 6.07) is 16.9. The molecule has 0 heterocycles. The quantitative estimate of drug-likeness (QED) is 0.522. The number of nitrogens with one attached hydrogen (secondary N) is 1. The zero-order chi connectivity index (χ0) is 17.7. The molecule has 25 heavy (non-hydrogen) atoms. The van der Waals surface area contributed by atoms with Crippen molar-refractivity contribution in [2.24, 2.45) is 0 Å². The van der Waals surface area contributed by atoms with Crippen LogP contribution in [-0.4, -0.2) is 0 Å². The van der Waals surface area contributed by atoms with Crippen LogP contribution in [0.3, 0.4) is 0 Å². The van der Waals surface area contributed by atoms with Gasteiger partial charge in [0.25, 0.3) is 0 Å². The van der Waals surface area contributed by atoms with E-state index in [1.807, 2.05) is 37.3 Å². The number of benzene rings is 2. The smallest absolute Gasteiger partial charge is 0.0384 e. The monoisotopic (exact) mass is 327 g/mol. The molecule has 1 heteroatoms. The van der Waals surface area contributed by atoms with Gasteiger partial charge in [0, 0.05) is 11.4 Å². The van der Waals surface area contributed by atoms with Crippen LogP contribution in [0.2, 0.25) is 0 Å². The molecule has 0 fully saturated rings. The highest BCUT2D eigenvalue weighted by Gasteiger charge is 1.96. The molecule has 0 aliphatic carbocycles. The highest BCUT2D eigenvalue weighted by atomic mass is 14.9. The van der Waals surface area contributed by atoms with Crippen molar-refractivity contribution >= 4 is 17.5 Å². The van der Waals surface area contributed by atoms with Gasteiger partial charge in [-0.1, -0.05) is 85.5 Å². The minimum absolute atomic E-state index is 0.950. The van der Waals surface area contributed by atoms with Crippen molar-refractivity contribution in [1.29, 1.82) is 0 Å². The van der Waals surface area contributed by atoms with Gasteiger partial charge in [0.2, 0.25) is 0 Å². The topological polar surface area (TPSA) is 12.0 Å². The lowest BCUT2D eigenvalue weighted by atomic mass is 10.1. The molecule has 2 aromatic carbocycles. The Kier molecular flexibility index (Phi) is 7.80. The Morgan fingerprint density at radius 2 is 1.48 bits per heavy atom. The van der Waals surface area contributed by atoms with Crippen molar-refractivity contribution in [2.75, 3.05) is 5.32 Å². The van der Waals surface area contributed by atoms with Gasteiger partial charge in [-0.2, -0.15) is 0 Å². The summed E-state index contributed by atoms with van der Waals surface area (Å²) in [5.74, 6) is 0. The maximum absolute atomic E-state index is 3.65. The van der Waals surface area contributed by atoms with Crippen molar-refractivity contribution in [2.45, 2.75) is 13.3 Å². The molecular weight excluding hydrogens is 302 g/mol. The Morgan fingerprint density at radius 1 is 0.800 bits per heavy atom. The van der Waals surface area contributed by atoms with E-state index in [1.54, 1.807) is 6.08 Å². The Balaban J connectivity index is 1.92. The lowest BCUT2D eigenvalue weighted by Gasteiger charge is -2.07. The van der Waals surface area contributed by atoms with Crippen LogP contribution in [0.25, 0.3) is 6.08 Å². The molecule has 0 bridgehead atoms. The molecule has 0 aliphatic heterocycles. The van der Waals surface area contributed by atoms with E-state index >= 15 is 0 Å². The molecule has 0 spiro atoms. The number of hydrogen-bond acceptors (Lipinski definition) is 1. The number of hydrogen-bond donors (Lipinski definition) is 1. The fourth-order valence-corrected chi connectivity index (χ4v) is 2.27. The molecule has 126 valence electrons. The van der Waals surface area contributed by atoms with Crippen LogP contribution in [0.1, 0.15) is 18.1 Å². The van der Waals surface area contributed by atoms with Gasteiger partial charge < -0.3 is 5.32 Å². The molecule has 0 unspecified atom stereocenters. The molecule has 2 aromatic rings. The van der Waals surface area contributed by atoms with Gasteiger partial charge in [0.15, 0.2) is 0 Å². The molecule has 1 nitrogen and oxygen atoms in total. The highest BCUT2D eigenvalue weighted by Crippen LogP contribution is 2.18. The van der Waals surface area contributed by atoms with E-state index < -0.39 is 0 Å². The summed E-state index contributed by atoms with van der Waals surface area (Å²) in [5.41, 5.74) is 4.65. The number of allylic oxidation sites excluding steroid dienone is 8. The lowest BCUT2D eigenvalue weighted by molar-refractivity contribution is 1.27. The zero-order valence-corrected chi connectivity index (χ0v) is 14.7. The Labute approximate surface area is 151 Å². The van der Waals surface area contributed by atoms with Gasteiger partial charge in [0.1, 0.15) is 0 Å². The Morgan fingerprint density at radius 3 is 2.12 bits per heavy atom. The predicted octanol–water partition coefficient (Wildman–Crippen LogP) is 6.86.